The summed E-state index contributed by atoms with van der Waals surface area (Å²) in [5.74, 6) is -5.56. The third-order valence-electron chi connectivity index (χ3n) is 11.5. The number of nitrogens with zero attached hydrogens (tertiary/aromatic N) is 3. The van der Waals surface area contributed by atoms with Gasteiger partial charge in [0, 0.05) is 36.2 Å². The molecule has 300 valence electrons. The molecule has 0 saturated carbocycles. The molecule has 0 aromatic heterocycles. The molecule has 0 aromatic carbocycles. The maximum Gasteiger partial charge on any atom is 0.311 e. The first-order chi connectivity index (χ1) is 24.0. The molecule has 0 aliphatic carbocycles. The molecule has 0 spiro atoms. The van der Waals surface area contributed by atoms with Gasteiger partial charge in [-0.25, -0.2) is 0 Å². The van der Waals surface area contributed by atoms with Crippen LogP contribution < -0.4 is 0 Å². The van der Waals surface area contributed by atoms with Crippen molar-refractivity contribution in [3.05, 3.63) is 10.4 Å². The molecule has 6 N–H and O–H groups in total. The number of aliphatic hydroxyl groups excluding tert-OH is 4. The van der Waals surface area contributed by atoms with Crippen LogP contribution in [0.25, 0.3) is 10.4 Å². The van der Waals surface area contributed by atoms with Crippen molar-refractivity contribution < 1.29 is 68.6 Å². The van der Waals surface area contributed by atoms with Gasteiger partial charge in [0.2, 0.25) is 0 Å². The minimum absolute atomic E-state index is 0.0253. The number of azide groups is 1. The number of hydrogen-bond acceptors (Lipinski definition) is 15. The number of ether oxygens (including phenoxy) is 6. The van der Waals surface area contributed by atoms with E-state index in [4.69, 9.17) is 34.0 Å². The highest BCUT2D eigenvalue weighted by atomic mass is 16.7. The second-order valence-corrected chi connectivity index (χ2v) is 15.8. The second kappa shape index (κ2) is 17.2. The number of cyclic esters (lactones) is 1. The minimum atomic E-state index is -2.05. The second-order valence-electron chi connectivity index (χ2n) is 15.8. The van der Waals surface area contributed by atoms with Crippen LogP contribution in [-0.2, 0) is 38.0 Å². The van der Waals surface area contributed by atoms with Gasteiger partial charge in [0.15, 0.2) is 12.6 Å². The quantitative estimate of drug-likeness (QED) is 0.0934. The lowest BCUT2D eigenvalue weighted by atomic mass is 9.74. The van der Waals surface area contributed by atoms with E-state index in [1.807, 2.05) is 0 Å². The summed E-state index contributed by atoms with van der Waals surface area (Å²) in [4.78, 5) is 30.5. The molecule has 3 aliphatic rings. The Morgan fingerprint density at radius 2 is 1.50 bits per heavy atom. The highest BCUT2D eigenvalue weighted by Crippen LogP contribution is 2.40. The van der Waals surface area contributed by atoms with E-state index in [-0.39, 0.29) is 19.3 Å². The zero-order valence-electron chi connectivity index (χ0n) is 32.1. The van der Waals surface area contributed by atoms with Crippen LogP contribution in [0, 0.1) is 23.7 Å². The van der Waals surface area contributed by atoms with Crippen molar-refractivity contribution in [1.82, 2.24) is 0 Å². The summed E-state index contributed by atoms with van der Waals surface area (Å²) in [6, 6.07) is -1.38. The Hall–Kier alpha value is -1.99. The summed E-state index contributed by atoms with van der Waals surface area (Å²) in [6.45, 7) is 15.3. The lowest BCUT2D eigenvalue weighted by Gasteiger charge is -2.49. The largest absolute Gasteiger partial charge is 0.459 e. The van der Waals surface area contributed by atoms with Crippen LogP contribution in [0.15, 0.2) is 5.11 Å². The maximum absolute atomic E-state index is 14.0. The number of esters is 1. The number of carbonyl (C=O) groups is 2. The summed E-state index contributed by atoms with van der Waals surface area (Å²) in [5.41, 5.74) is 4.04. The van der Waals surface area contributed by atoms with Crippen LogP contribution in [0.3, 0.4) is 0 Å². The predicted octanol–water partition coefficient (Wildman–Crippen LogP) is 1.51. The van der Waals surface area contributed by atoms with E-state index in [1.165, 1.54) is 41.7 Å². The fraction of sp³-hybridized carbons (Fsp3) is 0.943. The van der Waals surface area contributed by atoms with E-state index in [9.17, 15) is 40.2 Å². The summed E-state index contributed by atoms with van der Waals surface area (Å²) >= 11 is 0. The van der Waals surface area contributed by atoms with Crippen molar-refractivity contribution >= 4 is 11.8 Å². The minimum Gasteiger partial charge on any atom is -0.459 e. The smallest absolute Gasteiger partial charge is 0.311 e. The van der Waals surface area contributed by atoms with E-state index in [1.54, 1.807) is 34.6 Å². The molecule has 3 rings (SSSR count). The number of carbonyl (C=O) groups excluding carboxylic acids is 2. The van der Waals surface area contributed by atoms with Crippen LogP contribution in [0.1, 0.15) is 88.5 Å². The normalized spacial score (nSPS) is 50.1. The monoisotopic (exact) mass is 747 g/mol. The van der Waals surface area contributed by atoms with Crippen molar-refractivity contribution in [2.75, 3.05) is 7.11 Å². The molecule has 17 nitrogen and oxygen atoms in total. The molecular weight excluding hydrogens is 686 g/mol. The summed E-state index contributed by atoms with van der Waals surface area (Å²) in [7, 11) is 1.44. The molecule has 0 bridgehead atoms. The fourth-order valence-corrected chi connectivity index (χ4v) is 8.08. The molecule has 0 radical (unpaired) electrons. The lowest BCUT2D eigenvalue weighted by Crippen LogP contribution is -2.62. The first kappa shape index (κ1) is 44.4. The maximum atomic E-state index is 14.0. The van der Waals surface area contributed by atoms with E-state index >= 15 is 0 Å². The molecule has 0 amide bonds. The zero-order valence-corrected chi connectivity index (χ0v) is 32.1. The van der Waals surface area contributed by atoms with Gasteiger partial charge in [-0.2, -0.15) is 0 Å². The average Bonchev–Trinajstić information content (AvgIpc) is 3.08. The molecule has 19 atom stereocenters. The molecule has 3 saturated heterocycles. The molecule has 3 fully saturated rings. The Morgan fingerprint density at radius 1 is 0.885 bits per heavy atom. The molecular formula is C35H61N3O14. The van der Waals surface area contributed by atoms with Crippen LogP contribution in [0.4, 0.5) is 0 Å². The van der Waals surface area contributed by atoms with Crippen molar-refractivity contribution in [2.24, 2.45) is 28.8 Å². The Kier molecular flexibility index (Phi) is 14.7. The summed E-state index contributed by atoms with van der Waals surface area (Å²) < 4.78 is 36.3. The molecule has 17 heteroatoms. The number of aliphatic hydroxyl groups is 6. The molecule has 3 heterocycles. The van der Waals surface area contributed by atoms with Gasteiger partial charge in [-0.05, 0) is 59.9 Å². The van der Waals surface area contributed by atoms with Gasteiger partial charge in [0.25, 0.3) is 0 Å². The molecule has 52 heavy (non-hydrogen) atoms. The first-order valence-electron chi connectivity index (χ1n) is 18.1. The van der Waals surface area contributed by atoms with Gasteiger partial charge in [0.1, 0.15) is 29.7 Å². The number of rotatable bonds is 7. The highest BCUT2D eigenvalue weighted by Gasteiger charge is 2.54. The highest BCUT2D eigenvalue weighted by molar-refractivity contribution is 5.83. The Balaban J connectivity index is 2.20. The van der Waals surface area contributed by atoms with Gasteiger partial charge in [-0.15, -0.1) is 0 Å². The predicted molar refractivity (Wildman–Crippen MR) is 183 cm³/mol. The number of ketones is 1. The van der Waals surface area contributed by atoms with Gasteiger partial charge < -0.3 is 59.1 Å². The number of hydrogen-bond donors (Lipinski definition) is 6. The van der Waals surface area contributed by atoms with Gasteiger partial charge in [-0.1, -0.05) is 32.8 Å². The lowest BCUT2D eigenvalue weighted by molar-refractivity contribution is -0.322. The zero-order chi connectivity index (χ0) is 39.7. The molecule has 3 unspecified atom stereocenters. The number of methoxy groups -OCH3 is 1. The van der Waals surface area contributed by atoms with E-state index in [2.05, 4.69) is 10.0 Å². The molecule has 0 aromatic rings. The van der Waals surface area contributed by atoms with E-state index in [0.29, 0.717) is 0 Å². The fourth-order valence-electron chi connectivity index (χ4n) is 8.08. The Bertz CT molecular complexity index is 1280. The van der Waals surface area contributed by atoms with Gasteiger partial charge >= 0.3 is 5.97 Å². The van der Waals surface area contributed by atoms with Crippen molar-refractivity contribution in [1.29, 1.82) is 0 Å². The van der Waals surface area contributed by atoms with E-state index in [0.717, 1.165) is 0 Å². The molecule has 3 aliphatic heterocycles. The van der Waals surface area contributed by atoms with Crippen molar-refractivity contribution in [2.45, 2.75) is 179 Å². The van der Waals surface area contributed by atoms with Crippen LogP contribution in [0.2, 0.25) is 0 Å². The van der Waals surface area contributed by atoms with Crippen molar-refractivity contribution in [3.8, 4) is 0 Å². The SMILES string of the molecule is CCC1OC(=O)[C@H](C)C(O[C@H]2C[C@@](C)(OC)[C@@H](O)[C@H](C)O2)[C@H](C)[C@@H](O[C@@H]2O[C@H](C)C(O)[C@H](N=[N+]=[N-])[C@H]2O)[C@](C)(O)C[C@@H](C)C(=O)[C@H](C)[C@@H](O)[C@]1(C)O. The van der Waals surface area contributed by atoms with Crippen molar-refractivity contribution in [3.63, 3.8) is 0 Å². The average molecular weight is 748 g/mol. The number of Topliss-reactive ketones (excluding diaryl/α,β-unsaturated/α-hetero) is 1. The van der Waals surface area contributed by atoms with Crippen LogP contribution in [-0.4, -0.2) is 140 Å². The third-order valence-corrected chi connectivity index (χ3v) is 11.5. The summed E-state index contributed by atoms with van der Waals surface area (Å²) in [5, 5.41) is 71.4. The third kappa shape index (κ3) is 9.09. The topological polar surface area (TPSA) is 260 Å². The summed E-state index contributed by atoms with van der Waals surface area (Å²) in [6.07, 6.45) is -14.2. The van der Waals surface area contributed by atoms with E-state index < -0.39 is 126 Å². The Morgan fingerprint density at radius 3 is 2.06 bits per heavy atom. The van der Waals surface area contributed by atoms with Crippen LogP contribution >= 0.6 is 0 Å². The first-order valence-corrected chi connectivity index (χ1v) is 18.1. The van der Waals surface area contributed by atoms with Crippen LogP contribution in [0.5, 0.6) is 0 Å². The van der Waals surface area contributed by atoms with Gasteiger partial charge in [0.05, 0.1) is 59.8 Å². The Labute approximate surface area is 305 Å². The standard InChI is InChI=1S/C35H61N3O14/c1-12-21-35(10,46)28(42)16(3)24(39)15(2)13-33(8,45)30(52-32-26(41)23(37-38-36)25(40)19(6)49-32)17(4)27(18(5)31(44)50-21)51-22-14-34(9,47-11)29(43)20(7)48-22/h15-23,25-30,32,40-43,45-46H,12-14H2,1-11H3/t15-,16+,17+,18-,19-,20+,21?,22+,23+,25?,26-,27?,28-,29+,30-,32+,33-,34-,35-/m1/s1. The van der Waals surface area contributed by atoms with Gasteiger partial charge in [-0.3, -0.25) is 9.59 Å².